The van der Waals surface area contributed by atoms with Gasteiger partial charge in [0.15, 0.2) is 0 Å². The summed E-state index contributed by atoms with van der Waals surface area (Å²) >= 11 is 0. The Morgan fingerprint density at radius 1 is 1.45 bits per heavy atom. The zero-order valence-corrected chi connectivity index (χ0v) is 11.0. The van der Waals surface area contributed by atoms with Gasteiger partial charge in [-0.3, -0.25) is 10.2 Å². The van der Waals surface area contributed by atoms with Gasteiger partial charge in [0.25, 0.3) is 5.91 Å². The minimum Gasteiger partial charge on any atom is -0.376 e. The number of benzene rings is 1. The van der Waals surface area contributed by atoms with Crippen molar-refractivity contribution < 1.29 is 9.53 Å². The molecule has 0 aromatic heterocycles. The van der Waals surface area contributed by atoms with E-state index >= 15 is 0 Å². The molecule has 0 aliphatic carbocycles. The molecule has 1 heterocycles. The van der Waals surface area contributed by atoms with E-state index in [-0.39, 0.29) is 11.8 Å². The number of hydrogen-bond donors (Lipinski definition) is 2. The largest absolute Gasteiger partial charge is 0.376 e. The summed E-state index contributed by atoms with van der Waals surface area (Å²) < 4.78 is 5.39. The molecule has 1 aromatic carbocycles. The number of carbonyl (C=O) groups excluding carboxylic acids is 1. The van der Waals surface area contributed by atoms with Gasteiger partial charge < -0.3 is 10.1 Å². The number of nitrogens with zero attached hydrogens (tertiary/aromatic N) is 2. The molecule has 1 aromatic rings. The molecular formula is C14H16N4O2. The van der Waals surface area contributed by atoms with E-state index in [1.807, 2.05) is 18.2 Å². The third kappa shape index (κ3) is 4.07. The fourth-order valence-corrected chi connectivity index (χ4v) is 1.86. The molecule has 1 aliphatic rings. The summed E-state index contributed by atoms with van der Waals surface area (Å²) in [6.07, 6.45) is 1.98. The Kier molecular flexibility index (Phi) is 5.09. The summed E-state index contributed by atoms with van der Waals surface area (Å²) in [6, 6.07) is 10.9. The van der Waals surface area contributed by atoms with Gasteiger partial charge in [0.2, 0.25) is 5.71 Å². The second-order valence-corrected chi connectivity index (χ2v) is 4.40. The summed E-state index contributed by atoms with van der Waals surface area (Å²) in [6.45, 7) is 1.14. The fourth-order valence-electron chi connectivity index (χ4n) is 1.86. The van der Waals surface area contributed by atoms with E-state index in [1.165, 1.54) is 0 Å². The lowest BCUT2D eigenvalue weighted by Gasteiger charge is -2.09. The first-order valence-corrected chi connectivity index (χ1v) is 6.48. The molecule has 6 nitrogen and oxygen atoms in total. The van der Waals surface area contributed by atoms with Gasteiger partial charge in [-0.15, -0.1) is 0 Å². The number of para-hydroxylation sites is 1. The Bertz CT molecular complexity index is 516. The number of nitrogens with one attached hydrogen (secondary N) is 2. The van der Waals surface area contributed by atoms with Crippen LogP contribution >= 0.6 is 0 Å². The average Bonchev–Trinajstić information content (AvgIpc) is 3.00. The molecule has 1 fully saturated rings. The van der Waals surface area contributed by atoms with E-state index in [9.17, 15) is 4.79 Å². The van der Waals surface area contributed by atoms with Crippen LogP contribution in [0, 0.1) is 11.3 Å². The molecule has 0 spiro atoms. The number of hydrazone groups is 1. The van der Waals surface area contributed by atoms with Gasteiger partial charge in [-0.25, -0.2) is 0 Å². The summed E-state index contributed by atoms with van der Waals surface area (Å²) in [5, 5.41) is 15.4. The lowest BCUT2D eigenvalue weighted by Crippen LogP contribution is -2.36. The fraction of sp³-hybridized carbons (Fsp3) is 0.357. The number of nitriles is 1. The van der Waals surface area contributed by atoms with Crippen LogP contribution in [0.5, 0.6) is 0 Å². The monoisotopic (exact) mass is 272 g/mol. The Morgan fingerprint density at radius 3 is 2.90 bits per heavy atom. The quantitative estimate of drug-likeness (QED) is 0.624. The summed E-state index contributed by atoms with van der Waals surface area (Å²) in [5.41, 5.74) is 3.19. The van der Waals surface area contributed by atoms with Crippen molar-refractivity contribution in [1.29, 1.82) is 5.26 Å². The topological polar surface area (TPSA) is 86.5 Å². The average molecular weight is 272 g/mol. The highest BCUT2D eigenvalue weighted by Gasteiger charge is 2.18. The van der Waals surface area contributed by atoms with Gasteiger partial charge in [0, 0.05) is 13.2 Å². The van der Waals surface area contributed by atoms with Crippen LogP contribution in [0.25, 0.3) is 0 Å². The van der Waals surface area contributed by atoms with Crippen LogP contribution in [-0.4, -0.2) is 30.9 Å². The van der Waals surface area contributed by atoms with Gasteiger partial charge >= 0.3 is 0 Å². The number of rotatable bonds is 5. The summed E-state index contributed by atoms with van der Waals surface area (Å²) in [4.78, 5) is 11.8. The van der Waals surface area contributed by atoms with Gasteiger partial charge in [0.05, 0.1) is 11.8 Å². The molecular weight excluding hydrogens is 256 g/mol. The van der Waals surface area contributed by atoms with E-state index in [4.69, 9.17) is 10.00 Å². The minimum atomic E-state index is -0.494. The van der Waals surface area contributed by atoms with E-state index in [0.29, 0.717) is 12.2 Å². The Labute approximate surface area is 117 Å². The first kappa shape index (κ1) is 14.0. The molecule has 0 radical (unpaired) electrons. The normalized spacial score (nSPS) is 18.4. The third-order valence-corrected chi connectivity index (χ3v) is 2.91. The van der Waals surface area contributed by atoms with Gasteiger partial charge in [-0.2, -0.15) is 10.4 Å². The molecule has 2 N–H and O–H groups in total. The van der Waals surface area contributed by atoms with E-state index in [0.717, 1.165) is 19.4 Å². The summed E-state index contributed by atoms with van der Waals surface area (Å²) in [5.74, 6) is -0.494. The standard InChI is InChI=1S/C14H16N4O2/c15-9-13(18-17-11-5-2-1-3-6-11)14(19)16-10-12-7-4-8-20-12/h1-3,5-6,12,17H,4,7-8,10H2,(H,16,19)/b18-13-/t12-/m1/s1. The van der Waals surface area contributed by atoms with Crippen molar-refractivity contribution in [1.82, 2.24) is 5.32 Å². The van der Waals surface area contributed by atoms with Crippen molar-refractivity contribution in [3.8, 4) is 6.07 Å². The van der Waals surface area contributed by atoms with Gasteiger partial charge in [0.1, 0.15) is 6.07 Å². The molecule has 1 atom stereocenters. The SMILES string of the molecule is N#C/C(=N/Nc1ccccc1)C(=O)NC[C@H]1CCCO1. The Hall–Kier alpha value is -2.39. The number of anilines is 1. The molecule has 0 unspecified atom stereocenters. The Balaban J connectivity index is 1.86. The van der Waals surface area contributed by atoms with Gasteiger partial charge in [-0.05, 0) is 25.0 Å². The van der Waals surface area contributed by atoms with Crippen LogP contribution < -0.4 is 10.7 Å². The van der Waals surface area contributed by atoms with Crippen molar-refractivity contribution in [2.24, 2.45) is 5.10 Å². The van der Waals surface area contributed by atoms with Crippen LogP contribution in [0.15, 0.2) is 35.4 Å². The number of ether oxygens (including phenoxy) is 1. The van der Waals surface area contributed by atoms with Gasteiger partial charge in [-0.1, -0.05) is 18.2 Å². The lowest BCUT2D eigenvalue weighted by molar-refractivity contribution is -0.115. The predicted molar refractivity (Wildman–Crippen MR) is 75.1 cm³/mol. The molecule has 1 aliphatic heterocycles. The summed E-state index contributed by atoms with van der Waals surface area (Å²) in [7, 11) is 0. The molecule has 0 saturated carbocycles. The zero-order valence-electron chi connectivity index (χ0n) is 11.0. The minimum absolute atomic E-state index is 0.0426. The maximum absolute atomic E-state index is 11.8. The molecule has 104 valence electrons. The predicted octanol–water partition coefficient (Wildman–Crippen LogP) is 1.27. The molecule has 0 bridgehead atoms. The van der Waals surface area contributed by atoms with Crippen molar-refractivity contribution in [2.45, 2.75) is 18.9 Å². The second kappa shape index (κ2) is 7.26. The van der Waals surface area contributed by atoms with Crippen LogP contribution in [0.3, 0.4) is 0 Å². The number of carbonyl (C=O) groups is 1. The molecule has 1 amide bonds. The molecule has 2 rings (SSSR count). The van der Waals surface area contributed by atoms with Crippen molar-refractivity contribution in [3.05, 3.63) is 30.3 Å². The maximum Gasteiger partial charge on any atom is 0.282 e. The molecule has 6 heteroatoms. The first-order valence-electron chi connectivity index (χ1n) is 6.48. The smallest absolute Gasteiger partial charge is 0.282 e. The lowest BCUT2D eigenvalue weighted by atomic mass is 10.2. The van der Waals surface area contributed by atoms with E-state index < -0.39 is 5.91 Å². The van der Waals surface area contributed by atoms with Crippen molar-refractivity contribution in [3.63, 3.8) is 0 Å². The Morgan fingerprint density at radius 2 is 2.25 bits per heavy atom. The van der Waals surface area contributed by atoms with E-state index in [1.54, 1.807) is 18.2 Å². The van der Waals surface area contributed by atoms with Crippen LogP contribution in [0.2, 0.25) is 0 Å². The number of amides is 1. The molecule has 1 saturated heterocycles. The van der Waals surface area contributed by atoms with Crippen molar-refractivity contribution >= 4 is 17.3 Å². The van der Waals surface area contributed by atoms with Crippen molar-refractivity contribution in [2.75, 3.05) is 18.6 Å². The van der Waals surface area contributed by atoms with Crippen LogP contribution in [0.1, 0.15) is 12.8 Å². The highest BCUT2D eigenvalue weighted by molar-refractivity contribution is 6.45. The zero-order chi connectivity index (χ0) is 14.2. The highest BCUT2D eigenvalue weighted by atomic mass is 16.5. The molecule has 20 heavy (non-hydrogen) atoms. The number of hydrogen-bond acceptors (Lipinski definition) is 5. The van der Waals surface area contributed by atoms with Crippen LogP contribution in [-0.2, 0) is 9.53 Å². The highest BCUT2D eigenvalue weighted by Crippen LogP contribution is 2.10. The third-order valence-electron chi connectivity index (χ3n) is 2.91. The van der Waals surface area contributed by atoms with Crippen LogP contribution in [0.4, 0.5) is 5.69 Å². The second-order valence-electron chi connectivity index (χ2n) is 4.40. The maximum atomic E-state index is 11.8. The first-order chi connectivity index (χ1) is 9.79. The van der Waals surface area contributed by atoms with E-state index in [2.05, 4.69) is 15.8 Å².